The molecule has 3 N–H and O–H groups in total. The molecule has 3 atom stereocenters. The second-order valence-corrected chi connectivity index (χ2v) is 7.06. The van der Waals surface area contributed by atoms with Gasteiger partial charge in [0.05, 0.1) is 0 Å². The molecule has 1 aromatic carbocycles. The highest BCUT2D eigenvalue weighted by molar-refractivity contribution is 9.10. The quantitative estimate of drug-likeness (QED) is 0.804. The van der Waals surface area contributed by atoms with E-state index in [9.17, 15) is 0 Å². The first-order chi connectivity index (χ1) is 8.97. The number of benzene rings is 1. The minimum atomic E-state index is 0.451. The monoisotopic (exact) mass is 340 g/mol. The predicted molar refractivity (Wildman–Crippen MR) is 89.6 cm³/mol. The summed E-state index contributed by atoms with van der Waals surface area (Å²) in [5.41, 5.74) is 7.79. The first-order valence-corrected chi connectivity index (χ1v) is 8.03. The molecule has 1 saturated carbocycles. The lowest BCUT2D eigenvalue weighted by molar-refractivity contribution is 0.276. The topological polar surface area (TPSA) is 38.0 Å². The molecule has 1 aliphatic carbocycles. The van der Waals surface area contributed by atoms with Gasteiger partial charge in [-0.05, 0) is 49.3 Å². The molecule has 0 aromatic heterocycles. The van der Waals surface area contributed by atoms with Gasteiger partial charge in [-0.25, -0.2) is 0 Å². The molecule has 0 radical (unpaired) electrons. The van der Waals surface area contributed by atoms with Crippen LogP contribution in [-0.2, 0) is 0 Å². The number of rotatable bonds is 3. The predicted octanol–water partition coefficient (Wildman–Crippen LogP) is 4.32. The van der Waals surface area contributed by atoms with Crippen molar-refractivity contribution in [3.63, 3.8) is 0 Å². The van der Waals surface area contributed by atoms with Crippen LogP contribution in [0.25, 0.3) is 0 Å². The largest absolute Gasteiger partial charge is 0.389 e. The van der Waals surface area contributed by atoms with Crippen molar-refractivity contribution in [2.75, 3.05) is 5.32 Å². The molecule has 1 fully saturated rings. The number of hydrogen-bond donors (Lipinski definition) is 2. The summed E-state index contributed by atoms with van der Waals surface area (Å²) in [6.07, 6.45) is 3.79. The molecule has 2 nitrogen and oxygen atoms in total. The highest BCUT2D eigenvalue weighted by atomic mass is 79.9. The lowest BCUT2D eigenvalue weighted by Crippen LogP contribution is -2.33. The summed E-state index contributed by atoms with van der Waals surface area (Å²) in [4.78, 5) is 0.451. The maximum atomic E-state index is 5.80. The molecule has 4 heteroatoms. The van der Waals surface area contributed by atoms with Crippen LogP contribution in [0.5, 0.6) is 0 Å². The molecule has 19 heavy (non-hydrogen) atoms. The minimum Gasteiger partial charge on any atom is -0.389 e. The van der Waals surface area contributed by atoms with Crippen molar-refractivity contribution in [3.8, 4) is 0 Å². The molecule has 104 valence electrons. The lowest BCUT2D eigenvalue weighted by Gasteiger charge is -2.34. The maximum Gasteiger partial charge on any atom is 0.106 e. The summed E-state index contributed by atoms with van der Waals surface area (Å²) in [5.74, 6) is 1.52. The summed E-state index contributed by atoms with van der Waals surface area (Å²) in [6.45, 7) is 4.66. The zero-order valence-corrected chi connectivity index (χ0v) is 13.9. The Morgan fingerprint density at radius 3 is 2.74 bits per heavy atom. The average Bonchev–Trinajstić information content (AvgIpc) is 2.32. The van der Waals surface area contributed by atoms with Gasteiger partial charge in [0.1, 0.15) is 4.99 Å². The summed E-state index contributed by atoms with van der Waals surface area (Å²) in [5, 5.41) is 3.64. The van der Waals surface area contributed by atoms with Crippen LogP contribution in [0.15, 0.2) is 22.7 Å². The zero-order chi connectivity index (χ0) is 14.0. The molecule has 0 amide bonds. The van der Waals surface area contributed by atoms with Crippen molar-refractivity contribution in [2.24, 2.45) is 17.6 Å². The zero-order valence-electron chi connectivity index (χ0n) is 11.4. The number of hydrogen-bond acceptors (Lipinski definition) is 2. The lowest BCUT2D eigenvalue weighted by atomic mass is 9.80. The molecular weight excluding hydrogens is 320 g/mol. The van der Waals surface area contributed by atoms with Gasteiger partial charge in [-0.3, -0.25) is 0 Å². The van der Waals surface area contributed by atoms with Crippen molar-refractivity contribution >= 4 is 38.8 Å². The van der Waals surface area contributed by atoms with Crippen LogP contribution in [0.3, 0.4) is 0 Å². The van der Waals surface area contributed by atoms with Crippen molar-refractivity contribution in [1.82, 2.24) is 0 Å². The fraction of sp³-hybridized carbons (Fsp3) is 0.533. The average molecular weight is 341 g/mol. The number of anilines is 1. The summed E-state index contributed by atoms with van der Waals surface area (Å²) in [6, 6.07) is 6.54. The number of thiocarbonyl (C=S) groups is 1. The third kappa shape index (κ3) is 3.69. The molecule has 0 spiro atoms. The Balaban J connectivity index is 2.18. The van der Waals surface area contributed by atoms with Gasteiger partial charge in [0, 0.05) is 21.8 Å². The second kappa shape index (κ2) is 6.23. The molecule has 3 unspecified atom stereocenters. The third-order valence-corrected chi connectivity index (χ3v) is 4.73. The second-order valence-electron chi connectivity index (χ2n) is 5.70. The van der Waals surface area contributed by atoms with Crippen LogP contribution in [0.1, 0.15) is 38.7 Å². The highest BCUT2D eigenvalue weighted by Gasteiger charge is 2.25. The van der Waals surface area contributed by atoms with Crippen LogP contribution in [0, 0.1) is 11.8 Å². The van der Waals surface area contributed by atoms with Gasteiger partial charge in [0.15, 0.2) is 0 Å². The van der Waals surface area contributed by atoms with E-state index in [1.54, 1.807) is 0 Å². The van der Waals surface area contributed by atoms with Gasteiger partial charge < -0.3 is 11.1 Å². The number of nitrogens with two attached hydrogens (primary N) is 1. The summed E-state index contributed by atoms with van der Waals surface area (Å²) < 4.78 is 1.05. The Labute approximate surface area is 129 Å². The van der Waals surface area contributed by atoms with Gasteiger partial charge in [-0.15, -0.1) is 0 Å². The molecule has 2 rings (SSSR count). The van der Waals surface area contributed by atoms with Crippen molar-refractivity contribution in [3.05, 3.63) is 28.2 Å². The van der Waals surface area contributed by atoms with Crippen LogP contribution in [0.2, 0.25) is 0 Å². The van der Waals surface area contributed by atoms with E-state index in [0.29, 0.717) is 16.9 Å². The Morgan fingerprint density at radius 2 is 2.11 bits per heavy atom. The van der Waals surface area contributed by atoms with Gasteiger partial charge in [0.2, 0.25) is 0 Å². The number of halogens is 1. The highest BCUT2D eigenvalue weighted by Crippen LogP contribution is 2.32. The minimum absolute atomic E-state index is 0.451. The Kier molecular flexibility index (Phi) is 4.85. The fourth-order valence-corrected chi connectivity index (χ4v) is 3.47. The van der Waals surface area contributed by atoms with Crippen molar-refractivity contribution in [1.29, 1.82) is 0 Å². The summed E-state index contributed by atoms with van der Waals surface area (Å²) in [7, 11) is 0. The Hall–Kier alpha value is -0.610. The van der Waals surface area contributed by atoms with E-state index in [1.165, 1.54) is 19.3 Å². The Bertz CT molecular complexity index is 475. The van der Waals surface area contributed by atoms with Crippen LogP contribution < -0.4 is 11.1 Å². The van der Waals surface area contributed by atoms with Gasteiger partial charge in [-0.1, -0.05) is 42.0 Å². The van der Waals surface area contributed by atoms with Crippen molar-refractivity contribution < 1.29 is 0 Å². The first-order valence-electron chi connectivity index (χ1n) is 6.83. The van der Waals surface area contributed by atoms with Crippen LogP contribution in [-0.4, -0.2) is 11.0 Å². The molecule has 0 saturated heterocycles. The van der Waals surface area contributed by atoms with Crippen LogP contribution >= 0.6 is 28.1 Å². The smallest absolute Gasteiger partial charge is 0.106 e. The first kappa shape index (κ1) is 14.8. The van der Waals surface area contributed by atoms with E-state index in [1.807, 2.05) is 12.1 Å². The number of nitrogens with one attached hydrogen (secondary N) is 1. The van der Waals surface area contributed by atoms with E-state index < -0.39 is 0 Å². The third-order valence-electron chi connectivity index (χ3n) is 4.02. The molecule has 0 aliphatic heterocycles. The molecule has 1 aliphatic rings. The maximum absolute atomic E-state index is 5.80. The van der Waals surface area contributed by atoms with Crippen molar-refractivity contribution in [2.45, 2.75) is 39.2 Å². The normalized spacial score (nSPS) is 27.0. The van der Waals surface area contributed by atoms with Gasteiger partial charge in [0.25, 0.3) is 0 Å². The fourth-order valence-electron chi connectivity index (χ4n) is 2.93. The summed E-state index contributed by atoms with van der Waals surface area (Å²) >= 11 is 8.64. The molecule has 0 bridgehead atoms. The van der Waals surface area contributed by atoms with E-state index in [2.05, 4.69) is 41.2 Å². The van der Waals surface area contributed by atoms with Gasteiger partial charge in [-0.2, -0.15) is 0 Å². The van der Waals surface area contributed by atoms with E-state index in [4.69, 9.17) is 18.0 Å². The molecule has 0 heterocycles. The van der Waals surface area contributed by atoms with Gasteiger partial charge >= 0.3 is 0 Å². The Morgan fingerprint density at radius 1 is 1.37 bits per heavy atom. The molecule has 1 aromatic rings. The van der Waals surface area contributed by atoms with E-state index >= 15 is 0 Å². The SMILES string of the molecule is CC1CCC(Nc2cc(Br)ccc2C(N)=S)C(C)C1. The van der Waals surface area contributed by atoms with Crippen LogP contribution in [0.4, 0.5) is 5.69 Å². The van der Waals surface area contributed by atoms with E-state index in [-0.39, 0.29) is 0 Å². The standard InChI is InChI=1S/C15H21BrN2S/c1-9-3-6-13(10(2)7-9)18-14-8-11(16)4-5-12(14)15(17)19/h4-5,8-10,13,18H,3,6-7H2,1-2H3,(H2,17,19). The van der Waals surface area contributed by atoms with E-state index in [0.717, 1.165) is 21.6 Å². The molecular formula is C15H21BrN2S.